The molecule has 162 valence electrons. The molecule has 4 aromatic rings. The first-order chi connectivity index (χ1) is 16.1. The number of hydrogen-bond donors (Lipinski definition) is 1. The van der Waals surface area contributed by atoms with Crippen molar-refractivity contribution in [3.63, 3.8) is 0 Å². The quantitative estimate of drug-likeness (QED) is 0.496. The zero-order valence-electron chi connectivity index (χ0n) is 17.8. The van der Waals surface area contributed by atoms with Gasteiger partial charge in [-0.3, -0.25) is 4.98 Å². The number of pyridine rings is 1. The number of nitrogens with two attached hydrogens (primary N) is 1. The maximum atomic E-state index is 9.33. The normalized spacial score (nSPS) is 19.4. The molecule has 1 saturated carbocycles. The van der Waals surface area contributed by atoms with Gasteiger partial charge in [0.2, 0.25) is 0 Å². The van der Waals surface area contributed by atoms with Crippen LogP contribution in [0, 0.1) is 28.6 Å². The minimum absolute atomic E-state index is 0.0831. The molecule has 1 aromatic carbocycles. The van der Waals surface area contributed by atoms with E-state index in [-0.39, 0.29) is 24.0 Å². The number of nitrogens with zero attached hydrogens (tertiary/aromatic N) is 8. The van der Waals surface area contributed by atoms with Crippen LogP contribution in [0.15, 0.2) is 42.9 Å². The van der Waals surface area contributed by atoms with Crippen LogP contribution in [0.25, 0.3) is 33.4 Å². The maximum Gasteiger partial charge on any atom is 0.257 e. The van der Waals surface area contributed by atoms with Crippen LogP contribution in [-0.4, -0.2) is 37.1 Å². The lowest BCUT2D eigenvalue weighted by molar-refractivity contribution is 0.0713. The van der Waals surface area contributed by atoms with E-state index in [4.69, 9.17) is 15.6 Å². The standard InChI is InChI=1S/C23H19N9O/c1-33-22-21(26)28-12-19(30-22)15-7-17(16-3-2-6-27-18(16)8-15)20-13-29-32(31-20)23(4-5-24)9-14(10-23)11-25/h2-3,6-8,12-14H,4,9-10H2,1H3,(H2,26,28). The molecule has 3 aromatic heterocycles. The van der Waals surface area contributed by atoms with Gasteiger partial charge in [-0.25, -0.2) is 9.97 Å². The van der Waals surface area contributed by atoms with Gasteiger partial charge in [-0.1, -0.05) is 6.07 Å². The number of nitrogen functional groups attached to an aromatic ring is 1. The number of fused-ring (bicyclic) bond motifs is 1. The zero-order valence-corrected chi connectivity index (χ0v) is 17.8. The summed E-state index contributed by atoms with van der Waals surface area (Å²) in [6.45, 7) is 0. The first-order valence-electron chi connectivity index (χ1n) is 10.3. The van der Waals surface area contributed by atoms with Gasteiger partial charge in [-0.2, -0.15) is 25.5 Å². The Morgan fingerprint density at radius 1 is 1.21 bits per heavy atom. The monoisotopic (exact) mass is 437 g/mol. The van der Waals surface area contributed by atoms with Crippen molar-refractivity contribution in [2.45, 2.75) is 24.8 Å². The van der Waals surface area contributed by atoms with Gasteiger partial charge in [0, 0.05) is 22.7 Å². The maximum absolute atomic E-state index is 9.33. The molecule has 0 bridgehead atoms. The summed E-state index contributed by atoms with van der Waals surface area (Å²) >= 11 is 0. The van der Waals surface area contributed by atoms with E-state index in [1.807, 2.05) is 24.3 Å². The highest BCUT2D eigenvalue weighted by Gasteiger charge is 2.48. The number of aromatic nitrogens is 6. The average Bonchev–Trinajstić information content (AvgIpc) is 3.31. The van der Waals surface area contributed by atoms with Crippen molar-refractivity contribution < 1.29 is 4.74 Å². The molecule has 0 spiro atoms. The van der Waals surface area contributed by atoms with Crippen LogP contribution in [0.1, 0.15) is 19.3 Å². The van der Waals surface area contributed by atoms with Gasteiger partial charge in [0.05, 0.1) is 60.7 Å². The molecule has 1 fully saturated rings. The van der Waals surface area contributed by atoms with Crippen LogP contribution >= 0.6 is 0 Å². The molecule has 0 saturated heterocycles. The Morgan fingerprint density at radius 3 is 2.82 bits per heavy atom. The molecule has 2 N–H and O–H groups in total. The van der Waals surface area contributed by atoms with E-state index >= 15 is 0 Å². The topological polar surface area (TPSA) is 152 Å². The van der Waals surface area contributed by atoms with Crippen molar-refractivity contribution in [1.82, 2.24) is 29.9 Å². The van der Waals surface area contributed by atoms with Crippen LogP contribution < -0.4 is 10.5 Å². The van der Waals surface area contributed by atoms with E-state index in [0.717, 1.165) is 22.0 Å². The number of anilines is 1. The first-order valence-corrected chi connectivity index (χ1v) is 10.3. The second-order valence-electron chi connectivity index (χ2n) is 8.06. The summed E-state index contributed by atoms with van der Waals surface area (Å²) < 4.78 is 5.22. The molecule has 1 aliphatic rings. The Kier molecular flexibility index (Phi) is 4.83. The number of hydrogen-bond acceptors (Lipinski definition) is 9. The van der Waals surface area contributed by atoms with Gasteiger partial charge in [0.1, 0.15) is 5.69 Å². The fraction of sp³-hybridized carbons (Fsp3) is 0.261. The van der Waals surface area contributed by atoms with Gasteiger partial charge in [-0.15, -0.1) is 0 Å². The van der Waals surface area contributed by atoms with E-state index < -0.39 is 5.54 Å². The summed E-state index contributed by atoms with van der Waals surface area (Å²) in [5.74, 6) is 0.374. The van der Waals surface area contributed by atoms with E-state index in [1.165, 1.54) is 7.11 Å². The van der Waals surface area contributed by atoms with Gasteiger partial charge < -0.3 is 10.5 Å². The van der Waals surface area contributed by atoms with Crippen molar-refractivity contribution in [2.24, 2.45) is 5.92 Å². The SMILES string of the molecule is COc1nc(-c2cc(-c3cnn(C4(CC#N)CC(C#N)C4)n3)c3cccnc3c2)cnc1N. The van der Waals surface area contributed by atoms with Gasteiger partial charge in [0.25, 0.3) is 5.88 Å². The molecule has 0 radical (unpaired) electrons. The number of nitriles is 2. The van der Waals surface area contributed by atoms with E-state index in [1.54, 1.807) is 23.4 Å². The summed E-state index contributed by atoms with van der Waals surface area (Å²) in [5, 5.41) is 28.7. The van der Waals surface area contributed by atoms with Crippen molar-refractivity contribution in [1.29, 1.82) is 10.5 Å². The molecule has 3 heterocycles. The van der Waals surface area contributed by atoms with Crippen LogP contribution in [-0.2, 0) is 5.54 Å². The Labute approximate surface area is 189 Å². The highest BCUT2D eigenvalue weighted by atomic mass is 16.5. The predicted octanol–water partition coefficient (Wildman–Crippen LogP) is 3.08. The highest BCUT2D eigenvalue weighted by molar-refractivity contribution is 5.96. The summed E-state index contributed by atoms with van der Waals surface area (Å²) in [6.07, 6.45) is 6.37. The molecule has 0 aliphatic heterocycles. The molecule has 5 rings (SSSR count). The number of methoxy groups -OCH3 is 1. The van der Waals surface area contributed by atoms with Crippen molar-refractivity contribution >= 4 is 16.7 Å². The van der Waals surface area contributed by atoms with E-state index in [9.17, 15) is 10.5 Å². The smallest absolute Gasteiger partial charge is 0.257 e. The Morgan fingerprint density at radius 2 is 2.06 bits per heavy atom. The van der Waals surface area contributed by atoms with Gasteiger partial charge >= 0.3 is 0 Å². The predicted molar refractivity (Wildman–Crippen MR) is 119 cm³/mol. The Hall–Kier alpha value is -4.57. The fourth-order valence-electron chi connectivity index (χ4n) is 4.30. The first kappa shape index (κ1) is 20.3. The Balaban J connectivity index is 1.62. The molecule has 0 amide bonds. The molecule has 0 unspecified atom stereocenters. The van der Waals surface area contributed by atoms with Gasteiger partial charge in [0.15, 0.2) is 5.82 Å². The van der Waals surface area contributed by atoms with Crippen molar-refractivity contribution in [3.05, 3.63) is 42.9 Å². The lowest BCUT2D eigenvalue weighted by atomic mass is 9.68. The lowest BCUT2D eigenvalue weighted by Crippen LogP contribution is -2.47. The van der Waals surface area contributed by atoms with Crippen molar-refractivity contribution in [2.75, 3.05) is 12.8 Å². The second kappa shape index (κ2) is 7.84. The van der Waals surface area contributed by atoms with Gasteiger partial charge in [-0.05, 0) is 31.0 Å². The third-order valence-corrected chi connectivity index (χ3v) is 6.01. The third-order valence-electron chi connectivity index (χ3n) is 6.01. The summed E-state index contributed by atoms with van der Waals surface area (Å²) in [4.78, 5) is 14.8. The molecule has 10 nitrogen and oxygen atoms in total. The number of ether oxygens (including phenoxy) is 1. The zero-order chi connectivity index (χ0) is 23.0. The summed E-state index contributed by atoms with van der Waals surface area (Å²) in [7, 11) is 1.49. The van der Waals surface area contributed by atoms with Crippen LogP contribution in [0.5, 0.6) is 5.88 Å². The molecule has 0 atom stereocenters. The summed E-state index contributed by atoms with van der Waals surface area (Å²) in [5.41, 5.74) is 8.86. The van der Waals surface area contributed by atoms with Crippen LogP contribution in [0.3, 0.4) is 0 Å². The minimum atomic E-state index is -0.547. The summed E-state index contributed by atoms with van der Waals surface area (Å²) in [6, 6.07) is 12.2. The average molecular weight is 437 g/mol. The lowest BCUT2D eigenvalue weighted by Gasteiger charge is -2.42. The van der Waals surface area contributed by atoms with Crippen LogP contribution in [0.2, 0.25) is 0 Å². The molecule has 1 aliphatic carbocycles. The van der Waals surface area contributed by atoms with Crippen LogP contribution in [0.4, 0.5) is 5.82 Å². The molecule has 10 heteroatoms. The molecular weight excluding hydrogens is 418 g/mol. The number of rotatable bonds is 5. The van der Waals surface area contributed by atoms with E-state index in [2.05, 4.69) is 32.2 Å². The third kappa shape index (κ3) is 3.38. The minimum Gasteiger partial charge on any atom is -0.478 e. The molecular formula is C23H19N9O. The molecule has 33 heavy (non-hydrogen) atoms. The largest absolute Gasteiger partial charge is 0.478 e. The van der Waals surface area contributed by atoms with E-state index in [0.29, 0.717) is 24.2 Å². The van der Waals surface area contributed by atoms with Crippen molar-refractivity contribution in [3.8, 4) is 40.5 Å². The fourth-order valence-corrected chi connectivity index (χ4v) is 4.30. The second-order valence-corrected chi connectivity index (χ2v) is 8.06. The Bertz CT molecular complexity index is 1440. The number of benzene rings is 1. The highest BCUT2D eigenvalue weighted by Crippen LogP contribution is 2.45.